The summed E-state index contributed by atoms with van der Waals surface area (Å²) in [5.41, 5.74) is 19.4. The molecule has 13 aromatic carbocycles. The molecule has 0 amide bonds. The summed E-state index contributed by atoms with van der Waals surface area (Å²) in [7, 11) is -6.17. The van der Waals surface area contributed by atoms with E-state index in [-0.39, 0.29) is 0 Å². The Hall–Kier alpha value is -10.5. The molecule has 0 N–H and O–H groups in total. The summed E-state index contributed by atoms with van der Waals surface area (Å²) in [6.45, 7) is 8.81. The van der Waals surface area contributed by atoms with Gasteiger partial charge >= 0.3 is 0 Å². The topological polar surface area (TPSA) is 18.0 Å². The Morgan fingerprint density at radius 3 is 0.909 bits per heavy atom. The molecule has 0 saturated heterocycles. The van der Waals surface area contributed by atoms with Crippen molar-refractivity contribution < 1.29 is 0 Å². The monoisotopic (exact) mass is 1160 g/mol. The van der Waals surface area contributed by atoms with Gasteiger partial charge in [-0.3, -0.25) is 0 Å². The van der Waals surface area contributed by atoms with Gasteiger partial charge in [0.2, 0.25) is 0 Å². The molecular weight excluding hydrogens is 1100 g/mol. The van der Waals surface area contributed by atoms with Crippen molar-refractivity contribution in [1.82, 2.24) is 13.7 Å². The zero-order chi connectivity index (χ0) is 58.6. The van der Waals surface area contributed by atoms with Gasteiger partial charge in [-0.15, -0.1) is 0 Å². The maximum absolute atomic E-state index is 3.15. The second kappa shape index (κ2) is 19.0. The molecule has 5 heterocycles. The molecule has 2 aliphatic rings. The van der Waals surface area contributed by atoms with Gasteiger partial charge in [0, 0.05) is 66.4 Å². The lowest BCUT2D eigenvalue weighted by molar-refractivity contribution is 1.15. The third-order valence-corrected chi connectivity index (χ3v) is 29.4. The van der Waals surface area contributed by atoms with Crippen LogP contribution < -0.4 is 46.4 Å². The van der Waals surface area contributed by atoms with E-state index in [2.05, 4.69) is 337 Å². The van der Waals surface area contributed by atoms with Gasteiger partial charge in [-0.1, -0.05) is 210 Å². The second-order valence-corrected chi connectivity index (χ2v) is 32.2. The van der Waals surface area contributed by atoms with Gasteiger partial charge in [-0.2, -0.15) is 0 Å². The molecular formula is C82H60N4Si2. The average Bonchev–Trinajstić information content (AvgIpc) is 0.886. The lowest BCUT2D eigenvalue weighted by Gasteiger charge is -2.52. The van der Waals surface area contributed by atoms with Crippen LogP contribution in [-0.2, 0) is 0 Å². The molecule has 0 saturated carbocycles. The highest BCUT2D eigenvalue weighted by Crippen LogP contribution is 2.45. The Bertz CT molecular complexity index is 5170. The molecule has 16 aromatic rings. The van der Waals surface area contributed by atoms with Crippen molar-refractivity contribution in [1.29, 1.82) is 0 Å². The molecule has 0 fully saturated rings. The summed E-state index contributed by atoms with van der Waals surface area (Å²) in [4.78, 5) is 2.70. The normalized spacial score (nSPS) is 13.8. The van der Waals surface area contributed by atoms with E-state index in [0.717, 1.165) is 28.1 Å². The SMILES string of the molecule is Cc1ccc2c(c1)c1cc(C)ccc1n2-c1ccc2c(c1)c1cc(-n3c4ccc(C)cc4c4cc(C)ccc43)ccc1n2-c1ccc2c(c1)N1c3ccccc3[Si](c3ccccc3)(c3ccccc3)c3cccc(c31)[Si]2(c1ccccc1)c1ccccc1. The van der Waals surface area contributed by atoms with Crippen molar-refractivity contribution in [3.8, 4) is 17.1 Å². The van der Waals surface area contributed by atoms with Crippen LogP contribution in [0, 0.1) is 27.7 Å². The van der Waals surface area contributed by atoms with Crippen LogP contribution in [0.4, 0.5) is 17.1 Å². The van der Waals surface area contributed by atoms with Gasteiger partial charge in [0.25, 0.3) is 0 Å². The number of benzene rings is 13. The smallest absolute Gasteiger partial charge is 0.184 e. The molecule has 0 radical (unpaired) electrons. The van der Waals surface area contributed by atoms with Gasteiger partial charge in [0.15, 0.2) is 16.1 Å². The zero-order valence-corrected chi connectivity index (χ0v) is 51.5. The number of fused-ring (bicyclic) bond motifs is 13. The van der Waals surface area contributed by atoms with Gasteiger partial charge in [-0.25, -0.2) is 0 Å². The first kappa shape index (κ1) is 50.8. The quantitative estimate of drug-likeness (QED) is 0.145. The lowest BCUT2D eigenvalue weighted by Crippen LogP contribution is -2.82. The average molecular weight is 1160 g/mol. The number of anilines is 3. The Balaban J connectivity index is 0.955. The van der Waals surface area contributed by atoms with Crippen molar-refractivity contribution in [3.05, 3.63) is 313 Å². The molecule has 0 bridgehead atoms. The van der Waals surface area contributed by atoms with Gasteiger partial charge in [0.1, 0.15) is 0 Å². The predicted octanol–water partition coefficient (Wildman–Crippen LogP) is 15.1. The van der Waals surface area contributed by atoms with Gasteiger partial charge < -0.3 is 18.6 Å². The Morgan fingerprint density at radius 1 is 0.227 bits per heavy atom. The second-order valence-electron chi connectivity index (χ2n) is 24.7. The molecule has 0 atom stereocenters. The minimum absolute atomic E-state index is 1.12. The third kappa shape index (κ3) is 6.95. The molecule has 416 valence electrons. The largest absolute Gasteiger partial charge is 0.311 e. The summed E-state index contributed by atoms with van der Waals surface area (Å²) in [5.74, 6) is 0. The number of hydrogen-bond donors (Lipinski definition) is 0. The Labute approximate surface area is 513 Å². The van der Waals surface area contributed by atoms with Crippen LogP contribution in [0.1, 0.15) is 22.3 Å². The first-order valence-electron chi connectivity index (χ1n) is 30.8. The highest BCUT2D eigenvalue weighted by atomic mass is 28.3. The van der Waals surface area contributed by atoms with Crippen LogP contribution in [0.15, 0.2) is 291 Å². The van der Waals surface area contributed by atoms with Crippen molar-refractivity contribution in [2.24, 2.45) is 0 Å². The highest BCUT2D eigenvalue weighted by molar-refractivity contribution is 7.24. The van der Waals surface area contributed by atoms with E-state index in [0.29, 0.717) is 0 Å². The number of hydrogen-bond acceptors (Lipinski definition) is 1. The number of para-hydroxylation sites is 2. The Morgan fingerprint density at radius 2 is 0.523 bits per heavy atom. The summed E-state index contributed by atoms with van der Waals surface area (Å²) < 4.78 is 7.54. The van der Waals surface area contributed by atoms with Gasteiger partial charge in [-0.05, 0) is 172 Å². The number of nitrogens with zero attached hydrogens (tertiary/aromatic N) is 4. The first-order chi connectivity index (χ1) is 43.3. The summed E-state index contributed by atoms with van der Waals surface area (Å²) in [5, 5.41) is 18.6. The number of aryl methyl sites for hydroxylation is 4. The van der Waals surface area contributed by atoms with Crippen molar-refractivity contribution in [2.75, 3.05) is 4.90 Å². The lowest BCUT2D eigenvalue weighted by atomic mass is 10.1. The fraction of sp³-hybridized carbons (Fsp3) is 0.0488. The van der Waals surface area contributed by atoms with E-state index in [9.17, 15) is 0 Å². The summed E-state index contributed by atoms with van der Waals surface area (Å²) >= 11 is 0. The Kier molecular flexibility index (Phi) is 11.0. The van der Waals surface area contributed by atoms with E-state index in [1.807, 2.05) is 0 Å². The maximum Gasteiger partial charge on any atom is 0.184 e. The van der Waals surface area contributed by atoms with Crippen LogP contribution in [0.2, 0.25) is 0 Å². The van der Waals surface area contributed by atoms with Crippen LogP contribution in [0.5, 0.6) is 0 Å². The van der Waals surface area contributed by atoms with Crippen LogP contribution in [0.3, 0.4) is 0 Å². The van der Waals surface area contributed by atoms with E-state index in [4.69, 9.17) is 0 Å². The fourth-order valence-corrected chi connectivity index (χ4v) is 26.5. The van der Waals surface area contributed by atoms with E-state index in [1.54, 1.807) is 0 Å². The summed E-state index contributed by atoms with van der Waals surface area (Å²) in [6.07, 6.45) is 0. The van der Waals surface area contributed by atoms with Crippen molar-refractivity contribution in [2.45, 2.75) is 27.7 Å². The van der Waals surface area contributed by atoms with E-state index < -0.39 is 16.1 Å². The molecule has 3 aromatic heterocycles. The standard InChI is InChI=1S/C82H60N4Si2/c1-53-32-39-70-64(46-53)65-47-54(2)33-40-71(65)83(70)57-36-43-74-68(50-57)69-51-58(84-72-41-34-55(3)48-66(72)67-49-56(4)35-42-73(67)84)37-44-75(69)85(74)59-38-45-79-77(52-59)86-76-28-17-18-29-78(76)87(60-20-9-5-10-21-60,61-22-11-6-12-23-61)80-30-19-31-81(82(80)86)88(79,62-24-13-7-14-25-62)63-26-15-8-16-27-63/h5-52H,1-4H3. The van der Waals surface area contributed by atoms with E-state index >= 15 is 0 Å². The molecule has 4 nitrogen and oxygen atoms in total. The molecule has 0 spiro atoms. The van der Waals surface area contributed by atoms with Crippen molar-refractivity contribution >= 4 is 140 Å². The third-order valence-electron chi connectivity index (χ3n) is 19.7. The van der Waals surface area contributed by atoms with Gasteiger partial charge in [0.05, 0.1) is 33.1 Å². The maximum atomic E-state index is 2.70. The van der Waals surface area contributed by atoms with Crippen LogP contribution >= 0.6 is 0 Å². The zero-order valence-electron chi connectivity index (χ0n) is 49.5. The van der Waals surface area contributed by atoms with Crippen LogP contribution in [0.25, 0.3) is 82.5 Å². The summed E-state index contributed by atoms with van der Waals surface area (Å²) in [6, 6.07) is 113. The number of aromatic nitrogens is 3. The number of rotatable bonds is 7. The molecule has 2 aliphatic heterocycles. The first-order valence-corrected chi connectivity index (χ1v) is 34.8. The van der Waals surface area contributed by atoms with Crippen LogP contribution in [-0.4, -0.2) is 29.8 Å². The highest BCUT2D eigenvalue weighted by Gasteiger charge is 2.56. The van der Waals surface area contributed by atoms with Crippen molar-refractivity contribution in [3.63, 3.8) is 0 Å². The minimum atomic E-state index is -3.15. The molecule has 0 unspecified atom stereocenters. The molecule has 88 heavy (non-hydrogen) atoms. The molecule has 0 aliphatic carbocycles. The molecule has 6 heteroatoms. The predicted molar refractivity (Wildman–Crippen MR) is 377 cm³/mol. The fourth-order valence-electron chi connectivity index (χ4n) is 16.1. The molecule has 18 rings (SSSR count). The van der Waals surface area contributed by atoms with E-state index in [1.165, 1.54) is 135 Å². The minimum Gasteiger partial charge on any atom is -0.311 e.